The molecule has 710 valence electrons. The van der Waals surface area contributed by atoms with Crippen LogP contribution in [0.25, 0.3) is 0 Å². The average molecular weight is 1880 g/mol. The second kappa shape index (κ2) is 65.9. The van der Waals surface area contributed by atoms with Crippen LogP contribution in [0.2, 0.25) is 0 Å². The number of methoxy groups -OCH3 is 2. The maximum absolute atomic E-state index is 6.79. The van der Waals surface area contributed by atoms with Gasteiger partial charge in [-0.05, 0) is 322 Å². The van der Waals surface area contributed by atoms with Gasteiger partial charge in [0.2, 0.25) is 0 Å². The maximum atomic E-state index is 6.79. The van der Waals surface area contributed by atoms with E-state index in [-0.39, 0.29) is 112 Å². The first-order chi connectivity index (χ1) is 49.9. The third kappa shape index (κ3) is 50.6. The molecule has 0 N–H and O–H groups in total. The normalized spacial score (nSPS) is 22.0. The van der Waals surface area contributed by atoms with Gasteiger partial charge in [-0.15, -0.1) is 8.58 Å². The molecule has 2 aromatic carbocycles. The van der Waals surface area contributed by atoms with Gasteiger partial charge in [-0.2, -0.15) is 0 Å². The molecule has 6 saturated carbocycles. The van der Waals surface area contributed by atoms with Crippen LogP contribution in [-0.4, -0.2) is 157 Å². The van der Waals surface area contributed by atoms with Crippen molar-refractivity contribution < 1.29 is 60.7 Å². The zero-order valence-corrected chi connectivity index (χ0v) is 96.3. The number of rotatable bonds is 16. The van der Waals surface area contributed by atoms with Gasteiger partial charge in [0.1, 0.15) is 11.5 Å². The molecule has 6 aliphatic carbocycles. The van der Waals surface area contributed by atoms with Gasteiger partial charge < -0.3 is 73.6 Å². The van der Waals surface area contributed by atoms with Crippen molar-refractivity contribution in [3.63, 3.8) is 0 Å². The Labute approximate surface area is 790 Å². The predicted molar refractivity (Wildman–Crippen MR) is 549 cm³/mol. The second-order valence-electron chi connectivity index (χ2n) is 42.2. The van der Waals surface area contributed by atoms with Gasteiger partial charge in [0.25, 0.3) is 0 Å². The van der Waals surface area contributed by atoms with Gasteiger partial charge in [0, 0.05) is 24.2 Å². The van der Waals surface area contributed by atoms with E-state index in [1.165, 1.54) is 128 Å². The van der Waals surface area contributed by atoms with Crippen LogP contribution >= 0.6 is 42.9 Å². The van der Waals surface area contributed by atoms with Crippen molar-refractivity contribution in [3.8, 4) is 11.5 Å². The fourth-order valence-corrected chi connectivity index (χ4v) is 35.8. The summed E-state index contributed by atoms with van der Waals surface area (Å²) >= 11 is 6.79. The topological polar surface area (TPSA) is 31.4 Å². The van der Waals surface area contributed by atoms with Crippen LogP contribution in [0.4, 0.5) is 0 Å². The monoisotopic (exact) mass is 1880 g/mol. The zero-order chi connectivity index (χ0) is 85.0. The SMILES string of the molecule is CC.CC(C)(C)PC(C)(C)C.CC1CCCC1[C@H](C)N(C)C.CC1CCCC1[C@H](C)N(C)C.CC1CCCC1[C@H](C)P(C(C)(C)C)C(C)(C)C.CC1CCCC1[C@H](C)P(C(C)(C)C)C(C)(C)C.COc1c(C)cc(P(Cl)c2cc(C)c(OC)c(C)c2)cc1C.C[C@@H](C1CCCC1)N(C)C.C[C@@H](C1CCCC1)N(C)C.[CH3-].[CH3-].[CH3-].[CH3-].[CH3-].[CH3-].[Fe+2].[Fe+2].[Fe+2]. The first-order valence-corrected chi connectivity index (χ1v) is 50.7. The van der Waals surface area contributed by atoms with Gasteiger partial charge in [0.15, 0.2) is 0 Å². The molecule has 6 fully saturated rings. The van der Waals surface area contributed by atoms with Gasteiger partial charge in [-0.25, -0.2) is 0 Å². The molecule has 8 rings (SSSR count). The maximum Gasteiger partial charge on any atom is 2.00 e. The molecule has 0 spiro atoms. The van der Waals surface area contributed by atoms with Crippen molar-refractivity contribution in [2.45, 2.75) is 430 Å². The summed E-state index contributed by atoms with van der Waals surface area (Å²) in [4.78, 5) is 9.39. The van der Waals surface area contributed by atoms with E-state index >= 15 is 0 Å². The number of benzene rings is 2. The summed E-state index contributed by atoms with van der Waals surface area (Å²) in [6.45, 7) is 79.8. The third-order valence-electron chi connectivity index (χ3n) is 25.8. The summed E-state index contributed by atoms with van der Waals surface area (Å²) in [5, 5.41) is 5.25. The van der Waals surface area contributed by atoms with Crippen molar-refractivity contribution in [1.82, 2.24) is 19.6 Å². The van der Waals surface area contributed by atoms with Crippen LogP contribution in [0.5, 0.6) is 11.5 Å². The fraction of sp³-hybridized carbons (Fsp3) is 0.827. The number of halogens is 1. The number of hydrogen-bond acceptors (Lipinski definition) is 6. The molecule has 0 radical (unpaired) electrons. The number of ether oxygens (including phenoxy) is 2. The molecule has 0 aromatic heterocycles. The van der Waals surface area contributed by atoms with E-state index in [9.17, 15) is 0 Å². The zero-order valence-electron chi connectivity index (χ0n) is 88.6. The van der Waals surface area contributed by atoms with E-state index in [0.717, 1.165) is 148 Å². The molecule has 0 heterocycles. The number of nitrogens with zero attached hydrogens (tertiary/aromatic N) is 4. The standard InChI is InChI=1S/C18H22ClO2P.2C16H33P.2C10H21N.2C9H19N.C8H19P.C2H6.6CH3.3Fe/c1-11-7-15(8-12(2)17(11)20-5)22(19)16-9-13(3)18(21-6)14(4)10-16;2*1-12-10-9-11-14(12)13(2)17(15(3,4)5)16(6,7)8;2*1-8-6-5-7-10(8)9(2)11(3)4;2*1-8(10(2)3)9-6-4-5-7-9;1-7(2,3)9-8(4,5)6;1-2;;;;;;;;;/h7-10H,1-6H3;2*12-14H,9-11H2,1-8H3;2*8-10H,5-7H2,1-4H3;2*8-9H,4-7H2,1-3H3;9H,1-6H3;1-2H3;6*1H3;;;/q;;;;;;;;;6*-1;3*+2/t;2*12?,13-,14?;2*8?,9-,10?;2*8-;;;;;;;;;;;/m.000000.........../s1. The van der Waals surface area contributed by atoms with E-state index in [0.29, 0.717) is 30.9 Å². The van der Waals surface area contributed by atoms with Gasteiger partial charge in [-0.3, -0.25) is 0 Å². The third-order valence-corrected chi connectivity index (χ3v) is 38.1. The molecule has 2 aromatic rings. The molecule has 14 heteroatoms. The summed E-state index contributed by atoms with van der Waals surface area (Å²) < 4.78 is 10.9. The Morgan fingerprint density at radius 3 is 0.678 bits per heavy atom. The van der Waals surface area contributed by atoms with Crippen molar-refractivity contribution in [2.24, 2.45) is 59.2 Å². The molecule has 6 aliphatic rings. The molecule has 0 amide bonds. The van der Waals surface area contributed by atoms with Crippen LogP contribution in [-0.2, 0) is 51.2 Å². The van der Waals surface area contributed by atoms with Crippen molar-refractivity contribution in [3.05, 3.63) is 91.1 Å². The Morgan fingerprint density at radius 1 is 0.339 bits per heavy atom. The van der Waals surface area contributed by atoms with Crippen LogP contribution < -0.4 is 20.1 Å². The van der Waals surface area contributed by atoms with E-state index < -0.39 is 7.27 Å². The number of hydrogen-bond donors (Lipinski definition) is 0. The Balaban J connectivity index is -0.000000142. The van der Waals surface area contributed by atoms with Crippen molar-refractivity contribution in [1.29, 1.82) is 0 Å². The van der Waals surface area contributed by atoms with E-state index in [1.807, 2.05) is 13.8 Å². The summed E-state index contributed by atoms with van der Waals surface area (Å²) in [6, 6.07) is 11.6. The summed E-state index contributed by atoms with van der Waals surface area (Å²) in [6.07, 6.45) is 29.2. The number of aryl methyl sites for hydroxylation is 4. The van der Waals surface area contributed by atoms with Crippen LogP contribution in [0, 0.1) is 131 Å². The predicted octanol–water partition coefficient (Wildman–Crippen LogP) is 32.3. The fourth-order valence-electron chi connectivity index (χ4n) is 20.9. The summed E-state index contributed by atoms with van der Waals surface area (Å²) in [5.74, 6) is 11.5. The quantitative estimate of drug-likeness (QED) is 0.0946. The molecular formula is C104H211ClFe3N4O2P4. The Kier molecular flexibility index (Phi) is 78.1. The molecule has 0 saturated heterocycles. The summed E-state index contributed by atoms with van der Waals surface area (Å²) in [5.41, 5.74) is 6.31. The molecule has 8 unspecified atom stereocenters. The minimum absolute atomic E-state index is 0. The van der Waals surface area contributed by atoms with Crippen molar-refractivity contribution >= 4 is 53.5 Å². The van der Waals surface area contributed by atoms with Crippen LogP contribution in [0.15, 0.2) is 24.3 Å². The smallest absolute Gasteiger partial charge is 0.496 e. The van der Waals surface area contributed by atoms with Crippen LogP contribution in [0.3, 0.4) is 0 Å². The minimum Gasteiger partial charge on any atom is -0.496 e. The Morgan fingerprint density at radius 2 is 0.534 bits per heavy atom. The van der Waals surface area contributed by atoms with Crippen LogP contribution in [0.1, 0.15) is 358 Å². The molecular weight excluding hydrogens is 1660 g/mol. The Hall–Kier alpha value is 1.45. The Bertz CT molecular complexity index is 2480. The van der Waals surface area contributed by atoms with E-state index in [1.54, 1.807) is 14.2 Å². The van der Waals surface area contributed by atoms with Gasteiger partial charge >= 0.3 is 51.2 Å². The van der Waals surface area contributed by atoms with E-state index in [2.05, 4.69) is 322 Å². The summed E-state index contributed by atoms with van der Waals surface area (Å²) in [7, 11) is 21.2. The van der Waals surface area contributed by atoms with Gasteiger partial charge in [0.05, 0.1) is 21.5 Å². The molecule has 118 heavy (non-hydrogen) atoms. The van der Waals surface area contributed by atoms with E-state index in [4.69, 9.17) is 20.7 Å². The molecule has 14 atom stereocenters. The molecule has 6 nitrogen and oxygen atoms in total. The second-order valence-corrected chi connectivity index (χ2v) is 56.6. The first-order valence-electron chi connectivity index (χ1n) is 44.7. The molecule has 0 aliphatic heterocycles. The molecule has 0 bridgehead atoms. The minimum atomic E-state index is -0.909. The van der Waals surface area contributed by atoms with Crippen molar-refractivity contribution in [2.75, 3.05) is 70.6 Å². The first kappa shape index (κ1) is 140. The largest absolute Gasteiger partial charge is 2.00 e. The average Bonchev–Trinajstić information content (AvgIpc) is 1.74. The van der Waals surface area contributed by atoms with Gasteiger partial charge in [-0.1, -0.05) is 284 Å².